The zero-order chi connectivity index (χ0) is 31.7. The number of nitrogens with two attached hydrogens (primary N) is 1. The van der Waals surface area contributed by atoms with Crippen molar-refractivity contribution in [3.8, 4) is 0 Å². The van der Waals surface area contributed by atoms with Crippen molar-refractivity contribution in [1.29, 1.82) is 0 Å². The highest BCUT2D eigenvalue weighted by atomic mass is 28.4. The van der Waals surface area contributed by atoms with Gasteiger partial charge in [-0.05, 0) is 77.9 Å². The normalized spacial score (nSPS) is 11.6. The van der Waals surface area contributed by atoms with Crippen molar-refractivity contribution >= 4 is 41.3 Å². The van der Waals surface area contributed by atoms with Gasteiger partial charge in [0, 0.05) is 41.5 Å². The molecule has 38 heavy (non-hydrogen) atoms. The molecule has 3 N–H and O–H groups in total. The van der Waals surface area contributed by atoms with Gasteiger partial charge in [0.05, 0.1) is 8.07 Å². The molecule has 0 aliphatic heterocycles. The van der Waals surface area contributed by atoms with Crippen LogP contribution in [0.2, 0.25) is 84.6 Å². The molecule has 0 amide bonds. The summed E-state index contributed by atoms with van der Waals surface area (Å²) in [6.45, 7) is 39.8. The van der Waals surface area contributed by atoms with Crippen molar-refractivity contribution in [3.05, 3.63) is 36.8 Å². The number of nitrogens with one attached hydrogen (secondary N) is 1. The molecule has 0 atom stereocenters. The van der Waals surface area contributed by atoms with Gasteiger partial charge in [0.15, 0.2) is 16.6 Å². The van der Waals surface area contributed by atoms with Crippen molar-refractivity contribution < 1.29 is 17.7 Å². The van der Waals surface area contributed by atoms with Crippen LogP contribution >= 0.6 is 0 Å². The molecule has 0 saturated carbocycles. The van der Waals surface area contributed by atoms with Gasteiger partial charge < -0.3 is 28.8 Å². The maximum atomic E-state index is 5.43. The number of hydrogen-bond acceptors (Lipinski definition) is 6. The summed E-state index contributed by atoms with van der Waals surface area (Å²) in [5.74, 6) is 0. The lowest BCUT2D eigenvalue weighted by atomic mass is 10.5. The van der Waals surface area contributed by atoms with Gasteiger partial charge in [0.1, 0.15) is 0 Å². The van der Waals surface area contributed by atoms with Crippen LogP contribution in [0.3, 0.4) is 0 Å². The molecule has 0 aliphatic rings. The average molecular weight is 627 g/mol. The van der Waals surface area contributed by atoms with Crippen molar-refractivity contribution in [2.24, 2.45) is 5.73 Å². The molecule has 0 heterocycles. The quantitative estimate of drug-likeness (QED) is 0.164. The maximum Gasteiger partial charge on any atom is 0.209 e. The van der Waals surface area contributed by atoms with Gasteiger partial charge in [0.25, 0.3) is 0 Å². The molecule has 232 valence electrons. The molecule has 0 aliphatic carbocycles. The second-order valence-electron chi connectivity index (χ2n) is 12.5. The zero-order valence-electron chi connectivity index (χ0n) is 28.6. The van der Waals surface area contributed by atoms with E-state index in [-0.39, 0.29) is 0 Å². The summed E-state index contributed by atoms with van der Waals surface area (Å²) in [5, 5.41) is 3.27. The highest BCUT2D eigenvalue weighted by Crippen LogP contribution is 2.11. The predicted octanol–water partition coefficient (Wildman–Crippen LogP) is 7.42. The fourth-order valence-corrected chi connectivity index (χ4v) is 2.70. The lowest BCUT2D eigenvalue weighted by Gasteiger charge is -2.19. The third kappa shape index (κ3) is 52.5. The minimum Gasteiger partial charge on any atom is -0.421 e. The Morgan fingerprint density at radius 2 is 0.947 bits per heavy atom. The van der Waals surface area contributed by atoms with E-state index in [1.807, 2.05) is 18.5 Å². The molecule has 6 nitrogen and oxygen atoms in total. The summed E-state index contributed by atoms with van der Waals surface area (Å²) in [6, 6.07) is 1.22. The van der Waals surface area contributed by atoms with Crippen molar-refractivity contribution in [2.45, 2.75) is 91.0 Å². The smallest absolute Gasteiger partial charge is 0.209 e. The summed E-state index contributed by atoms with van der Waals surface area (Å²) in [4.78, 5) is 0. The first kappa shape index (κ1) is 47.8. The number of hydrogen-bond donors (Lipinski definition) is 2. The van der Waals surface area contributed by atoms with Gasteiger partial charge >= 0.3 is 0 Å². The van der Waals surface area contributed by atoms with Crippen molar-refractivity contribution in [1.82, 2.24) is 5.32 Å². The van der Waals surface area contributed by atoms with Gasteiger partial charge in [-0.15, -0.1) is 25.4 Å². The van der Waals surface area contributed by atoms with Crippen LogP contribution in [0.15, 0.2) is 36.8 Å². The van der Waals surface area contributed by atoms with Crippen LogP contribution in [0.5, 0.6) is 0 Å². The van der Waals surface area contributed by atoms with E-state index in [2.05, 4.69) is 109 Å². The summed E-state index contributed by atoms with van der Waals surface area (Å²) in [6.07, 6.45) is 1.20. The van der Waals surface area contributed by atoms with Crippen LogP contribution in [0, 0.1) is 0 Å². The van der Waals surface area contributed by atoms with Gasteiger partial charge in [-0.25, -0.2) is 0 Å². The van der Waals surface area contributed by atoms with Crippen LogP contribution in [-0.2, 0) is 17.7 Å². The van der Waals surface area contributed by atoms with Crippen LogP contribution in [0.1, 0.15) is 6.42 Å². The summed E-state index contributed by atoms with van der Waals surface area (Å²) >= 11 is 0. The standard InChI is InChI=1S/C8H22N2OSi.2C5H12OSi.C5H12Si.C4H12OSi/c1-11-12(2,3)8-4-6-10-7-5-9;2*1-5-7(3,4)6-2;2*1-5-6(2,3)4/h10H,4-9H2,1-3H3;2*5H,1H2,2-4H3;5H,1H2,2-4H3;1-4H3. The largest absolute Gasteiger partial charge is 0.421 e. The Kier molecular flexibility index (Phi) is 32.7. The van der Waals surface area contributed by atoms with E-state index in [1.54, 1.807) is 21.3 Å². The average Bonchev–Trinajstić information content (AvgIpc) is 2.84. The second kappa shape index (κ2) is 26.0. The van der Waals surface area contributed by atoms with Crippen LogP contribution in [-0.4, -0.2) is 89.4 Å². The summed E-state index contributed by atoms with van der Waals surface area (Å²) in [5.41, 5.74) is 11.2. The van der Waals surface area contributed by atoms with Gasteiger partial charge in [-0.2, -0.15) is 0 Å². The molecule has 0 radical (unpaired) electrons. The third-order valence-corrected chi connectivity index (χ3v) is 14.4. The third-order valence-electron chi connectivity index (χ3n) is 5.27. The van der Waals surface area contributed by atoms with Crippen LogP contribution < -0.4 is 11.1 Å². The predicted molar refractivity (Wildman–Crippen MR) is 189 cm³/mol. The Morgan fingerprint density at radius 1 is 0.605 bits per heavy atom. The molecule has 0 bridgehead atoms. The fourth-order valence-electron chi connectivity index (χ4n) is 1.13. The Morgan fingerprint density at radius 3 is 1.11 bits per heavy atom. The molecular weight excluding hydrogens is 557 g/mol. The van der Waals surface area contributed by atoms with E-state index in [4.69, 9.17) is 23.4 Å². The Labute approximate surface area is 245 Å². The molecule has 0 fully saturated rings. The van der Waals surface area contributed by atoms with E-state index >= 15 is 0 Å². The fraction of sp³-hybridized carbons (Fsp3) is 0.778. The molecule has 0 spiro atoms. The summed E-state index contributed by atoms with van der Waals surface area (Å²) in [7, 11) is 0.967. The summed E-state index contributed by atoms with van der Waals surface area (Å²) < 4.78 is 20.7. The minimum absolute atomic E-state index is 0.727. The monoisotopic (exact) mass is 626 g/mol. The van der Waals surface area contributed by atoms with Gasteiger partial charge in [0.2, 0.25) is 16.6 Å². The van der Waals surface area contributed by atoms with E-state index < -0.39 is 41.3 Å². The van der Waals surface area contributed by atoms with Crippen molar-refractivity contribution in [2.75, 3.05) is 48.1 Å². The molecule has 11 heteroatoms. The van der Waals surface area contributed by atoms with Crippen molar-refractivity contribution in [3.63, 3.8) is 0 Å². The highest BCUT2D eigenvalue weighted by molar-refractivity contribution is 6.80. The first-order valence-corrected chi connectivity index (χ1v) is 29.6. The van der Waals surface area contributed by atoms with Crippen LogP contribution in [0.25, 0.3) is 0 Å². The van der Waals surface area contributed by atoms with E-state index in [0.717, 1.165) is 19.6 Å². The van der Waals surface area contributed by atoms with E-state index in [9.17, 15) is 0 Å². The highest BCUT2D eigenvalue weighted by Gasteiger charge is 2.19. The minimum atomic E-state index is -1.39. The first-order chi connectivity index (χ1) is 17.0. The Bertz CT molecular complexity index is 543. The lowest BCUT2D eigenvalue weighted by Crippen LogP contribution is -2.30. The molecule has 0 saturated heterocycles. The van der Waals surface area contributed by atoms with E-state index in [1.165, 1.54) is 12.5 Å². The second-order valence-corrected chi connectivity index (χ2v) is 34.8. The molecule has 0 unspecified atom stereocenters. The SMILES string of the molecule is C=C[Si](C)(C)C.C=C[Si](C)(C)OC.C=C[Si](C)(C)OC.CO[Si](C)(C)C.CO[Si](C)(C)CCCNCCN. The lowest BCUT2D eigenvalue weighted by molar-refractivity contribution is 0.401. The van der Waals surface area contributed by atoms with Gasteiger partial charge in [-0.1, -0.05) is 31.0 Å². The number of rotatable bonds is 13. The van der Waals surface area contributed by atoms with Gasteiger partial charge in [-0.3, -0.25) is 0 Å². The maximum absolute atomic E-state index is 5.43. The first-order valence-electron chi connectivity index (χ1n) is 13.5. The van der Waals surface area contributed by atoms with E-state index in [0.29, 0.717) is 0 Å². The Hall–Kier alpha value is 0.0644. The zero-order valence-corrected chi connectivity index (χ0v) is 33.6. The molecular formula is C27H70N2O4Si5. The topological polar surface area (TPSA) is 75.0 Å². The Balaban J connectivity index is -0.000000123. The molecule has 0 aromatic rings. The molecule has 0 aromatic carbocycles. The molecule has 0 rings (SSSR count). The molecule has 0 aromatic heterocycles. The van der Waals surface area contributed by atoms with Crippen LogP contribution in [0.4, 0.5) is 0 Å².